The molecule has 1 aliphatic rings. The minimum Gasteiger partial charge on any atom is -0.451 e. The molecule has 0 saturated carbocycles. The highest BCUT2D eigenvalue weighted by Gasteiger charge is 2.28. The number of anilines is 1. The second-order valence-corrected chi connectivity index (χ2v) is 7.57. The minimum atomic E-state index is -0.418. The van der Waals surface area contributed by atoms with Gasteiger partial charge in [-0.3, -0.25) is 14.4 Å². The van der Waals surface area contributed by atoms with Crippen LogP contribution in [-0.4, -0.2) is 35.7 Å². The molecule has 7 heteroatoms. The van der Waals surface area contributed by atoms with Crippen molar-refractivity contribution in [3.05, 3.63) is 65.4 Å². The van der Waals surface area contributed by atoms with Crippen molar-refractivity contribution < 1.29 is 18.8 Å². The first-order valence-electron chi connectivity index (χ1n) is 9.92. The molecular formula is C23H23N3O4. The van der Waals surface area contributed by atoms with Gasteiger partial charge >= 0.3 is 0 Å². The summed E-state index contributed by atoms with van der Waals surface area (Å²) in [6.07, 6.45) is 1.10. The molecule has 4 rings (SSSR count). The molecule has 1 fully saturated rings. The molecule has 2 heterocycles. The summed E-state index contributed by atoms with van der Waals surface area (Å²) in [5, 5.41) is 3.66. The molecule has 0 aliphatic carbocycles. The van der Waals surface area contributed by atoms with Crippen LogP contribution < -0.4 is 11.1 Å². The highest BCUT2D eigenvalue weighted by Crippen LogP contribution is 2.26. The van der Waals surface area contributed by atoms with Gasteiger partial charge in [0.2, 0.25) is 5.91 Å². The van der Waals surface area contributed by atoms with Gasteiger partial charge in [0.1, 0.15) is 5.58 Å². The Labute approximate surface area is 173 Å². The molecule has 0 unspecified atom stereocenters. The molecule has 154 valence electrons. The molecule has 1 aliphatic heterocycles. The summed E-state index contributed by atoms with van der Waals surface area (Å²) in [6, 6.07) is 14.4. The number of rotatable bonds is 4. The van der Waals surface area contributed by atoms with Crippen LogP contribution in [0.4, 0.5) is 5.69 Å². The highest BCUT2D eigenvalue weighted by atomic mass is 16.3. The van der Waals surface area contributed by atoms with Gasteiger partial charge in [-0.05, 0) is 43.5 Å². The topological polar surface area (TPSA) is 106 Å². The van der Waals surface area contributed by atoms with E-state index in [4.69, 9.17) is 10.2 Å². The third kappa shape index (κ3) is 3.78. The van der Waals surface area contributed by atoms with Crippen molar-refractivity contribution in [3.63, 3.8) is 0 Å². The number of nitrogens with zero attached hydrogens (tertiary/aromatic N) is 1. The average Bonchev–Trinajstić information content (AvgIpc) is 3.18. The van der Waals surface area contributed by atoms with Crippen LogP contribution in [0.5, 0.6) is 0 Å². The van der Waals surface area contributed by atoms with E-state index in [1.165, 1.54) is 0 Å². The summed E-state index contributed by atoms with van der Waals surface area (Å²) in [5.41, 5.74) is 7.65. The van der Waals surface area contributed by atoms with E-state index in [0.717, 1.165) is 10.9 Å². The van der Waals surface area contributed by atoms with E-state index in [9.17, 15) is 14.4 Å². The number of aryl methyl sites for hydroxylation is 1. The minimum absolute atomic E-state index is 0.170. The zero-order chi connectivity index (χ0) is 21.3. The zero-order valence-electron chi connectivity index (χ0n) is 16.7. The first-order valence-corrected chi connectivity index (χ1v) is 9.92. The molecular weight excluding hydrogens is 382 g/mol. The van der Waals surface area contributed by atoms with Crippen LogP contribution in [0.1, 0.15) is 39.3 Å². The quantitative estimate of drug-likeness (QED) is 0.694. The number of benzene rings is 2. The van der Waals surface area contributed by atoms with Gasteiger partial charge in [-0.25, -0.2) is 0 Å². The number of likely N-dealkylation sites (tertiary alicyclic amines) is 1. The zero-order valence-corrected chi connectivity index (χ0v) is 16.7. The predicted octanol–water partition coefficient (Wildman–Crippen LogP) is 3.33. The Kier molecular flexibility index (Phi) is 5.27. The maximum Gasteiger partial charge on any atom is 0.291 e. The van der Waals surface area contributed by atoms with Crippen LogP contribution in [0.3, 0.4) is 0 Å². The summed E-state index contributed by atoms with van der Waals surface area (Å²) in [6.45, 7) is 2.75. The van der Waals surface area contributed by atoms with Crippen LogP contribution in [0, 0.1) is 12.8 Å². The second-order valence-electron chi connectivity index (χ2n) is 7.57. The van der Waals surface area contributed by atoms with Gasteiger partial charge in [0.15, 0.2) is 5.76 Å². The first kappa shape index (κ1) is 19.7. The molecule has 1 saturated heterocycles. The van der Waals surface area contributed by atoms with Gasteiger partial charge in [-0.15, -0.1) is 0 Å². The Bertz CT molecular complexity index is 1090. The highest BCUT2D eigenvalue weighted by molar-refractivity contribution is 6.09. The summed E-state index contributed by atoms with van der Waals surface area (Å²) >= 11 is 0. The number of amides is 3. The van der Waals surface area contributed by atoms with E-state index in [1.54, 1.807) is 29.2 Å². The van der Waals surface area contributed by atoms with E-state index in [1.807, 2.05) is 31.2 Å². The van der Waals surface area contributed by atoms with Crippen molar-refractivity contribution in [2.45, 2.75) is 19.8 Å². The predicted molar refractivity (Wildman–Crippen MR) is 113 cm³/mol. The van der Waals surface area contributed by atoms with E-state index < -0.39 is 5.91 Å². The van der Waals surface area contributed by atoms with Crippen molar-refractivity contribution in [1.29, 1.82) is 0 Å². The number of primary amides is 1. The van der Waals surface area contributed by atoms with E-state index >= 15 is 0 Å². The monoisotopic (exact) mass is 405 g/mol. The van der Waals surface area contributed by atoms with Gasteiger partial charge in [0, 0.05) is 24.4 Å². The number of furan rings is 1. The molecule has 30 heavy (non-hydrogen) atoms. The fraction of sp³-hybridized carbons (Fsp3) is 0.261. The lowest BCUT2D eigenvalue weighted by Gasteiger charge is -2.31. The number of carbonyl (C=O) groups excluding carboxylic acids is 3. The molecule has 0 atom stereocenters. The molecule has 3 aromatic rings. The lowest BCUT2D eigenvalue weighted by molar-refractivity contribution is -0.123. The molecule has 0 bridgehead atoms. The van der Waals surface area contributed by atoms with Crippen molar-refractivity contribution >= 4 is 34.4 Å². The summed E-state index contributed by atoms with van der Waals surface area (Å²) in [7, 11) is 0. The fourth-order valence-corrected chi connectivity index (χ4v) is 3.86. The summed E-state index contributed by atoms with van der Waals surface area (Å²) in [5.74, 6) is -0.928. The summed E-state index contributed by atoms with van der Waals surface area (Å²) in [4.78, 5) is 39.1. The van der Waals surface area contributed by atoms with Gasteiger partial charge < -0.3 is 20.4 Å². The number of hydrogen-bond acceptors (Lipinski definition) is 4. The molecule has 7 nitrogen and oxygen atoms in total. The normalized spacial score (nSPS) is 14.6. The van der Waals surface area contributed by atoms with Crippen LogP contribution in [0.25, 0.3) is 11.0 Å². The van der Waals surface area contributed by atoms with Gasteiger partial charge in [-0.1, -0.05) is 30.3 Å². The maximum absolute atomic E-state index is 13.2. The van der Waals surface area contributed by atoms with Crippen LogP contribution in [-0.2, 0) is 4.79 Å². The van der Waals surface area contributed by atoms with Gasteiger partial charge in [0.25, 0.3) is 11.8 Å². The smallest absolute Gasteiger partial charge is 0.291 e. The molecule has 3 amide bonds. The van der Waals surface area contributed by atoms with Crippen molar-refractivity contribution in [2.24, 2.45) is 11.7 Å². The molecule has 2 aromatic carbocycles. The molecule has 3 N–H and O–H groups in total. The third-order valence-electron chi connectivity index (χ3n) is 5.57. The number of piperidine rings is 1. The SMILES string of the molecule is Cc1cccc(NC(=O)c2cc3ccccc3o2)c1C(=O)N1CCC(C(N)=O)CC1. The van der Waals surface area contributed by atoms with E-state index in [0.29, 0.717) is 42.8 Å². The van der Waals surface area contributed by atoms with E-state index in [-0.39, 0.29) is 23.5 Å². The Morgan fingerprint density at radius 2 is 1.80 bits per heavy atom. The lowest BCUT2D eigenvalue weighted by atomic mass is 9.95. The number of nitrogens with one attached hydrogen (secondary N) is 1. The number of nitrogens with two attached hydrogens (primary N) is 1. The number of hydrogen-bond donors (Lipinski definition) is 2. The number of para-hydroxylation sites is 1. The Hall–Kier alpha value is -3.61. The third-order valence-corrected chi connectivity index (χ3v) is 5.57. The maximum atomic E-state index is 13.2. The average molecular weight is 405 g/mol. The van der Waals surface area contributed by atoms with Crippen LogP contribution in [0.2, 0.25) is 0 Å². The van der Waals surface area contributed by atoms with Crippen LogP contribution >= 0.6 is 0 Å². The van der Waals surface area contributed by atoms with Crippen molar-refractivity contribution in [2.75, 3.05) is 18.4 Å². The van der Waals surface area contributed by atoms with Crippen molar-refractivity contribution in [3.8, 4) is 0 Å². The van der Waals surface area contributed by atoms with Crippen LogP contribution in [0.15, 0.2) is 52.9 Å². The van der Waals surface area contributed by atoms with E-state index in [2.05, 4.69) is 5.32 Å². The van der Waals surface area contributed by atoms with Gasteiger partial charge in [0.05, 0.1) is 11.3 Å². The standard InChI is InChI=1S/C23H23N3O4/c1-14-5-4-7-17(20(14)23(29)26-11-9-15(10-12-26)21(24)27)25-22(28)19-13-16-6-2-3-8-18(16)30-19/h2-8,13,15H,9-12H2,1H3,(H2,24,27)(H,25,28). The Morgan fingerprint density at radius 3 is 2.50 bits per heavy atom. The van der Waals surface area contributed by atoms with Crippen molar-refractivity contribution in [1.82, 2.24) is 4.90 Å². The largest absolute Gasteiger partial charge is 0.451 e. The second kappa shape index (κ2) is 8.02. The Balaban J connectivity index is 1.56. The molecule has 0 spiro atoms. The number of carbonyl (C=O) groups is 3. The Morgan fingerprint density at radius 1 is 1.07 bits per heavy atom. The lowest BCUT2D eigenvalue weighted by Crippen LogP contribution is -2.42. The molecule has 1 aromatic heterocycles. The van der Waals surface area contributed by atoms with Gasteiger partial charge in [-0.2, -0.15) is 0 Å². The summed E-state index contributed by atoms with van der Waals surface area (Å²) < 4.78 is 5.63. The fourth-order valence-electron chi connectivity index (χ4n) is 3.86. The first-order chi connectivity index (χ1) is 14.4. The molecule has 0 radical (unpaired) electrons. The number of fused-ring (bicyclic) bond motifs is 1.